The zero-order valence-corrected chi connectivity index (χ0v) is 21.2. The first kappa shape index (κ1) is 26.1. The summed E-state index contributed by atoms with van der Waals surface area (Å²) in [6.45, 7) is 8.36. The van der Waals surface area contributed by atoms with Gasteiger partial charge in [-0.25, -0.2) is 9.37 Å². The Labute approximate surface area is 199 Å². The number of benzene rings is 2. The number of amides is 1. The smallest absolute Gasteiger partial charge is 0.258 e. The Morgan fingerprint density at radius 1 is 1.12 bits per heavy atom. The van der Waals surface area contributed by atoms with Gasteiger partial charge < -0.3 is 5.32 Å². The number of hydrogen-bond donors (Lipinski definition) is 1. The van der Waals surface area contributed by atoms with Gasteiger partial charge in [0.2, 0.25) is 0 Å². The van der Waals surface area contributed by atoms with E-state index in [1.165, 1.54) is 54.6 Å². The van der Waals surface area contributed by atoms with Crippen molar-refractivity contribution in [1.29, 1.82) is 0 Å². The molecule has 3 nitrogen and oxygen atoms in total. The molecule has 2 aromatic carbocycles. The van der Waals surface area contributed by atoms with Crippen LogP contribution in [0.3, 0.4) is 0 Å². The van der Waals surface area contributed by atoms with Gasteiger partial charge in [-0.1, -0.05) is 52.7 Å². The molecule has 4 rings (SSSR count). The van der Waals surface area contributed by atoms with E-state index >= 15 is 0 Å². The Morgan fingerprint density at radius 2 is 1.78 bits per heavy atom. The lowest BCUT2D eigenvalue weighted by Crippen LogP contribution is -2.13. The lowest BCUT2D eigenvalue weighted by Gasteiger charge is -2.08. The summed E-state index contributed by atoms with van der Waals surface area (Å²) in [6.07, 6.45) is 6.99. The third-order valence-electron chi connectivity index (χ3n) is 4.81. The van der Waals surface area contributed by atoms with Crippen LogP contribution in [-0.2, 0) is 0 Å². The van der Waals surface area contributed by atoms with E-state index in [1.807, 2.05) is 44.4 Å². The Bertz CT molecular complexity index is 980. The number of carbonyl (C=O) groups excluding carboxylic acids is 1. The van der Waals surface area contributed by atoms with E-state index in [1.54, 1.807) is 17.4 Å². The molecule has 1 fully saturated rings. The molecule has 0 unspecified atom stereocenters. The number of halogens is 1. The van der Waals surface area contributed by atoms with E-state index in [0.29, 0.717) is 11.6 Å². The summed E-state index contributed by atoms with van der Waals surface area (Å²) in [5.74, 6) is -0.312. The van der Waals surface area contributed by atoms with Crippen LogP contribution in [0.4, 0.5) is 10.1 Å². The molecule has 0 bridgehead atoms. The zero-order valence-electron chi connectivity index (χ0n) is 19.6. The lowest BCUT2D eigenvalue weighted by atomic mass is 10.1. The van der Waals surface area contributed by atoms with Crippen LogP contribution in [0.5, 0.6) is 0 Å². The third-order valence-corrected chi connectivity index (χ3v) is 6.54. The van der Waals surface area contributed by atoms with Gasteiger partial charge in [0.25, 0.3) is 5.91 Å². The number of unbranched alkanes of at least 4 members (excludes halogenated alkanes) is 1. The molecule has 3 aromatic rings. The molecule has 32 heavy (non-hydrogen) atoms. The van der Waals surface area contributed by atoms with E-state index in [9.17, 15) is 9.18 Å². The second kappa shape index (κ2) is 13.4. The molecule has 0 aliphatic heterocycles. The highest BCUT2D eigenvalue weighted by Gasteiger charge is 2.26. The van der Waals surface area contributed by atoms with Crippen LogP contribution >= 0.6 is 23.1 Å². The number of nitrogens with one attached hydrogen (secondary N) is 1. The number of carbonyl (C=O) groups is 1. The molecule has 6 heteroatoms. The van der Waals surface area contributed by atoms with Gasteiger partial charge in [0.15, 0.2) is 0 Å². The van der Waals surface area contributed by atoms with Crippen LogP contribution in [0, 0.1) is 5.82 Å². The van der Waals surface area contributed by atoms with Crippen molar-refractivity contribution in [2.24, 2.45) is 0 Å². The first-order valence-electron chi connectivity index (χ1n) is 11.3. The van der Waals surface area contributed by atoms with Gasteiger partial charge >= 0.3 is 0 Å². The summed E-state index contributed by atoms with van der Waals surface area (Å²) in [5.41, 5.74) is 2.65. The molecule has 1 saturated carbocycles. The number of thiazole rings is 1. The van der Waals surface area contributed by atoms with Crippen LogP contribution in [0.25, 0.3) is 11.3 Å². The summed E-state index contributed by atoms with van der Waals surface area (Å²) in [4.78, 5) is 17.8. The molecule has 1 heterocycles. The number of rotatable bonds is 6. The fraction of sp³-hybridized carbons (Fsp3) is 0.385. The van der Waals surface area contributed by atoms with Crippen LogP contribution in [-0.4, -0.2) is 17.1 Å². The molecule has 1 aliphatic rings. The highest BCUT2D eigenvalue weighted by Crippen LogP contribution is 2.42. The highest BCUT2D eigenvalue weighted by atomic mass is 32.2. The van der Waals surface area contributed by atoms with Crippen molar-refractivity contribution in [2.45, 2.75) is 64.2 Å². The molecule has 0 spiro atoms. The first-order chi connectivity index (χ1) is 15.5. The average Bonchev–Trinajstić information content (AvgIpc) is 3.57. The molecule has 0 radical (unpaired) electrons. The minimum absolute atomic E-state index is 0.0421. The maximum atomic E-state index is 14.1. The molecular weight excluding hydrogens is 439 g/mol. The summed E-state index contributed by atoms with van der Waals surface area (Å²) in [6, 6.07) is 12.1. The summed E-state index contributed by atoms with van der Waals surface area (Å²) in [7, 11) is 0. The van der Waals surface area contributed by atoms with E-state index in [4.69, 9.17) is 0 Å². The van der Waals surface area contributed by atoms with Gasteiger partial charge in [0.05, 0.1) is 16.3 Å². The van der Waals surface area contributed by atoms with Crippen LogP contribution < -0.4 is 5.32 Å². The van der Waals surface area contributed by atoms with Crippen LogP contribution in [0.15, 0.2) is 52.7 Å². The number of aromatic nitrogens is 1. The van der Waals surface area contributed by atoms with Crippen molar-refractivity contribution in [1.82, 2.24) is 4.98 Å². The number of nitrogens with zero attached hydrogens (tertiary/aromatic N) is 1. The zero-order chi connectivity index (χ0) is 23.5. The monoisotopic (exact) mass is 472 g/mol. The maximum Gasteiger partial charge on any atom is 0.258 e. The Kier molecular flexibility index (Phi) is 10.9. The van der Waals surface area contributed by atoms with E-state index in [2.05, 4.69) is 29.5 Å². The van der Waals surface area contributed by atoms with Crippen molar-refractivity contribution < 1.29 is 9.18 Å². The highest BCUT2D eigenvalue weighted by molar-refractivity contribution is 7.98. The first-order valence-corrected chi connectivity index (χ1v) is 13.4. The molecule has 1 amide bonds. The second-order valence-corrected chi connectivity index (χ2v) is 8.99. The standard InChI is InChI=1S/C20H17FN2OS2.C4H10.C2H6/c1-25-15-8-9-16(17(21)10-15)19(24)22-14-6-4-12(5-7-14)18-11-26-20(23-18)13-2-3-13;1-3-4-2;1-2/h4-11,13H,2-3H2,1H3,(H,22,24);3-4H2,1-2H3;1-2H3. The average molecular weight is 473 g/mol. The second-order valence-electron chi connectivity index (χ2n) is 7.22. The van der Waals surface area contributed by atoms with E-state index in [0.717, 1.165) is 16.2 Å². The largest absolute Gasteiger partial charge is 0.322 e. The minimum Gasteiger partial charge on any atom is -0.322 e. The van der Waals surface area contributed by atoms with E-state index in [-0.39, 0.29) is 5.56 Å². The van der Waals surface area contributed by atoms with Gasteiger partial charge in [-0.15, -0.1) is 23.1 Å². The van der Waals surface area contributed by atoms with Crippen LogP contribution in [0.1, 0.15) is 74.7 Å². The van der Waals surface area contributed by atoms with Gasteiger partial charge in [-0.05, 0) is 49.4 Å². The predicted molar refractivity (Wildman–Crippen MR) is 138 cm³/mol. The summed E-state index contributed by atoms with van der Waals surface area (Å²) < 4.78 is 14.1. The SMILES string of the molecule is CC.CCCC.CSc1ccc(C(=O)Nc2ccc(-c3csc(C4CC4)n3)cc2)c(F)c1. The Hall–Kier alpha value is -2.18. The van der Waals surface area contributed by atoms with Crippen molar-refractivity contribution in [3.8, 4) is 11.3 Å². The van der Waals surface area contributed by atoms with Crippen molar-refractivity contribution in [3.63, 3.8) is 0 Å². The molecule has 0 atom stereocenters. The Morgan fingerprint density at radius 3 is 2.31 bits per heavy atom. The van der Waals surface area contributed by atoms with Crippen molar-refractivity contribution in [2.75, 3.05) is 11.6 Å². The molecule has 1 aliphatic carbocycles. The normalized spacial score (nSPS) is 12.2. The summed E-state index contributed by atoms with van der Waals surface area (Å²) in [5, 5.41) is 6.03. The quantitative estimate of drug-likeness (QED) is 0.365. The number of anilines is 1. The molecular formula is C26H33FN2OS2. The molecule has 1 aromatic heterocycles. The van der Waals surface area contributed by atoms with Gasteiger partial charge in [0, 0.05) is 27.4 Å². The van der Waals surface area contributed by atoms with Gasteiger partial charge in [0.1, 0.15) is 5.82 Å². The predicted octanol–water partition coefficient (Wildman–Crippen LogP) is 8.63. The fourth-order valence-electron chi connectivity index (χ4n) is 2.67. The molecule has 0 saturated heterocycles. The minimum atomic E-state index is -0.513. The fourth-order valence-corrected chi connectivity index (χ4v) is 4.09. The number of hydrogen-bond acceptors (Lipinski definition) is 4. The van der Waals surface area contributed by atoms with Crippen molar-refractivity contribution >= 4 is 34.7 Å². The van der Waals surface area contributed by atoms with E-state index < -0.39 is 11.7 Å². The lowest BCUT2D eigenvalue weighted by molar-refractivity contribution is 0.102. The Balaban J connectivity index is 0.000000547. The maximum absolute atomic E-state index is 14.1. The van der Waals surface area contributed by atoms with Crippen molar-refractivity contribution in [3.05, 3.63) is 64.2 Å². The topological polar surface area (TPSA) is 42.0 Å². The van der Waals surface area contributed by atoms with Crippen LogP contribution in [0.2, 0.25) is 0 Å². The van der Waals surface area contributed by atoms with Gasteiger partial charge in [-0.3, -0.25) is 4.79 Å². The molecule has 1 N–H and O–H groups in total. The third kappa shape index (κ3) is 7.45. The van der Waals surface area contributed by atoms with Gasteiger partial charge in [-0.2, -0.15) is 0 Å². The summed E-state index contributed by atoms with van der Waals surface area (Å²) >= 11 is 3.14. The number of thioether (sulfide) groups is 1. The molecule has 172 valence electrons.